The predicted octanol–water partition coefficient (Wildman–Crippen LogP) is 4.43. The maximum atomic E-state index is 12.4. The van der Waals surface area contributed by atoms with E-state index < -0.39 is 11.7 Å². The molecule has 1 aromatic rings. The molecule has 2 rings (SSSR count). The van der Waals surface area contributed by atoms with Crippen LogP contribution in [0.5, 0.6) is 0 Å². The van der Waals surface area contributed by atoms with Crippen LogP contribution in [0.3, 0.4) is 0 Å². The summed E-state index contributed by atoms with van der Waals surface area (Å²) in [7, 11) is 0. The second-order valence-corrected chi connectivity index (χ2v) is 5.75. The second-order valence-electron chi connectivity index (χ2n) is 5.29. The van der Waals surface area contributed by atoms with Gasteiger partial charge in [-0.15, -0.1) is 0 Å². The minimum Gasteiger partial charge on any atom is -0.352 e. The number of benzene rings is 1. The molecule has 0 fully saturated rings. The smallest absolute Gasteiger partial charge is 0.352 e. The second kappa shape index (κ2) is 7.18. The van der Waals surface area contributed by atoms with Crippen molar-refractivity contribution in [1.29, 1.82) is 0 Å². The Labute approximate surface area is 132 Å². The Bertz CT molecular complexity index is 564. The lowest BCUT2D eigenvalue weighted by Crippen LogP contribution is -2.28. The molecule has 0 aliphatic heterocycles. The van der Waals surface area contributed by atoms with Crippen molar-refractivity contribution in [2.45, 2.75) is 38.3 Å². The third-order valence-electron chi connectivity index (χ3n) is 3.66. The highest BCUT2D eigenvalue weighted by atomic mass is 35.5. The normalized spacial score (nSPS) is 15.8. The summed E-state index contributed by atoms with van der Waals surface area (Å²) in [6, 6.07) is 4.97. The van der Waals surface area contributed by atoms with Crippen LogP contribution < -0.4 is 5.32 Å². The number of allylic oxidation sites excluding steroid dienone is 1. The summed E-state index contributed by atoms with van der Waals surface area (Å²) in [6.07, 6.45) is -0.459. The quantitative estimate of drug-likeness (QED) is 0.868. The zero-order valence-electron chi connectivity index (χ0n) is 12.0. The van der Waals surface area contributed by atoms with Crippen LogP contribution in [0.25, 0.3) is 0 Å². The maximum Gasteiger partial charge on any atom is 0.416 e. The van der Waals surface area contributed by atoms with Crippen molar-refractivity contribution in [3.05, 3.63) is 46.0 Å². The molecule has 0 bridgehead atoms. The van der Waals surface area contributed by atoms with Gasteiger partial charge >= 0.3 is 6.18 Å². The highest BCUT2D eigenvalue weighted by Crippen LogP contribution is 2.29. The van der Waals surface area contributed by atoms with Gasteiger partial charge in [0.25, 0.3) is 0 Å². The van der Waals surface area contributed by atoms with Crippen LogP contribution in [0.4, 0.5) is 13.2 Å². The van der Waals surface area contributed by atoms with Crippen molar-refractivity contribution in [2.24, 2.45) is 0 Å². The molecule has 120 valence electrons. The van der Waals surface area contributed by atoms with Gasteiger partial charge in [-0.1, -0.05) is 23.7 Å². The van der Waals surface area contributed by atoms with E-state index in [0.717, 1.165) is 37.0 Å². The highest BCUT2D eigenvalue weighted by molar-refractivity contribution is 6.32. The third kappa shape index (κ3) is 4.50. The van der Waals surface area contributed by atoms with Gasteiger partial charge in [-0.05, 0) is 49.8 Å². The molecule has 1 aromatic carbocycles. The lowest BCUT2D eigenvalue weighted by molar-refractivity contribution is -0.137. The number of rotatable bonds is 4. The average Bonchev–Trinajstić information content (AvgIpc) is 2.47. The van der Waals surface area contributed by atoms with E-state index in [1.807, 2.05) is 0 Å². The fraction of sp³-hybridized carbons (Fsp3) is 0.438. The van der Waals surface area contributed by atoms with Gasteiger partial charge in [-0.3, -0.25) is 4.79 Å². The zero-order chi connectivity index (χ0) is 16.2. The Balaban J connectivity index is 1.85. The number of hydrogen-bond donors (Lipinski definition) is 1. The van der Waals surface area contributed by atoms with E-state index >= 15 is 0 Å². The third-order valence-corrected chi connectivity index (χ3v) is 4.07. The molecule has 1 aliphatic carbocycles. The van der Waals surface area contributed by atoms with E-state index in [1.165, 1.54) is 12.1 Å². The molecular formula is C16H17ClF3NO. The van der Waals surface area contributed by atoms with Gasteiger partial charge in [-0.2, -0.15) is 13.2 Å². The lowest BCUT2D eigenvalue weighted by atomic mass is 9.98. The summed E-state index contributed by atoms with van der Waals surface area (Å²) >= 11 is 6.05. The van der Waals surface area contributed by atoms with Gasteiger partial charge in [0, 0.05) is 17.2 Å². The Hall–Kier alpha value is -1.49. The number of amides is 1. The topological polar surface area (TPSA) is 29.1 Å². The van der Waals surface area contributed by atoms with E-state index in [-0.39, 0.29) is 5.91 Å². The Morgan fingerprint density at radius 1 is 1.14 bits per heavy atom. The van der Waals surface area contributed by atoms with Crippen LogP contribution in [0.1, 0.15) is 36.8 Å². The molecule has 0 atom stereocenters. The molecular weight excluding hydrogens is 315 g/mol. The van der Waals surface area contributed by atoms with Crippen molar-refractivity contribution in [1.82, 2.24) is 5.32 Å². The molecule has 2 nitrogen and oxygen atoms in total. The van der Waals surface area contributed by atoms with Crippen LogP contribution in [0.2, 0.25) is 0 Å². The number of halogens is 4. The van der Waals surface area contributed by atoms with E-state index in [1.54, 1.807) is 0 Å². The number of carbonyl (C=O) groups is 1. The molecule has 0 aromatic heterocycles. The fourth-order valence-corrected chi connectivity index (χ4v) is 2.71. The SMILES string of the molecule is O=C(NCCc1ccc(C(F)(F)F)cc1)C1=C(Cl)CCCC1. The molecule has 1 amide bonds. The van der Waals surface area contributed by atoms with E-state index in [9.17, 15) is 18.0 Å². The predicted molar refractivity (Wildman–Crippen MR) is 79.5 cm³/mol. The van der Waals surface area contributed by atoms with Crippen molar-refractivity contribution < 1.29 is 18.0 Å². The minimum atomic E-state index is -4.32. The van der Waals surface area contributed by atoms with E-state index in [0.29, 0.717) is 30.0 Å². The van der Waals surface area contributed by atoms with Gasteiger partial charge < -0.3 is 5.32 Å². The Kier molecular flexibility index (Phi) is 5.51. The summed E-state index contributed by atoms with van der Waals surface area (Å²) < 4.78 is 37.3. The molecule has 1 N–H and O–H groups in total. The molecule has 0 radical (unpaired) electrons. The van der Waals surface area contributed by atoms with Gasteiger partial charge in [0.2, 0.25) is 5.91 Å². The van der Waals surface area contributed by atoms with Crippen molar-refractivity contribution in [3.63, 3.8) is 0 Å². The Morgan fingerprint density at radius 2 is 1.77 bits per heavy atom. The van der Waals surface area contributed by atoms with E-state index in [2.05, 4.69) is 5.32 Å². The van der Waals surface area contributed by atoms with Gasteiger partial charge in [0.1, 0.15) is 0 Å². The summed E-state index contributed by atoms with van der Waals surface area (Å²) in [4.78, 5) is 12.0. The van der Waals surface area contributed by atoms with Gasteiger partial charge in [0.15, 0.2) is 0 Å². The van der Waals surface area contributed by atoms with Gasteiger partial charge in [-0.25, -0.2) is 0 Å². The Morgan fingerprint density at radius 3 is 2.36 bits per heavy atom. The number of nitrogens with one attached hydrogen (secondary N) is 1. The largest absolute Gasteiger partial charge is 0.416 e. The van der Waals surface area contributed by atoms with Crippen LogP contribution in [-0.4, -0.2) is 12.5 Å². The van der Waals surface area contributed by atoms with Crippen molar-refractivity contribution in [2.75, 3.05) is 6.54 Å². The van der Waals surface area contributed by atoms with Crippen LogP contribution in [0, 0.1) is 0 Å². The van der Waals surface area contributed by atoms with Gasteiger partial charge in [0.05, 0.1) is 5.56 Å². The first-order valence-corrected chi connectivity index (χ1v) is 7.57. The first-order chi connectivity index (χ1) is 10.4. The van der Waals surface area contributed by atoms with E-state index in [4.69, 9.17) is 11.6 Å². The monoisotopic (exact) mass is 331 g/mol. The van der Waals surface area contributed by atoms with Crippen molar-refractivity contribution in [3.8, 4) is 0 Å². The molecule has 0 spiro atoms. The standard InChI is InChI=1S/C16H17ClF3NO/c17-14-4-2-1-3-13(14)15(22)21-10-9-11-5-7-12(8-6-11)16(18,19)20/h5-8H,1-4,9-10H2,(H,21,22). The molecule has 22 heavy (non-hydrogen) atoms. The van der Waals surface area contributed by atoms with Crippen LogP contribution >= 0.6 is 11.6 Å². The minimum absolute atomic E-state index is 0.170. The molecule has 1 aliphatic rings. The average molecular weight is 332 g/mol. The summed E-state index contributed by atoms with van der Waals surface area (Å²) in [5.74, 6) is -0.170. The van der Waals surface area contributed by atoms with Crippen LogP contribution in [-0.2, 0) is 17.4 Å². The summed E-state index contributed by atoms with van der Waals surface area (Å²) in [5, 5.41) is 3.40. The molecule has 6 heteroatoms. The summed E-state index contributed by atoms with van der Waals surface area (Å²) in [6.45, 7) is 0.373. The lowest BCUT2D eigenvalue weighted by Gasteiger charge is -2.15. The molecule has 0 unspecified atom stereocenters. The maximum absolute atomic E-state index is 12.4. The molecule has 0 saturated heterocycles. The summed E-state index contributed by atoms with van der Waals surface area (Å²) in [5.41, 5.74) is 0.719. The fourth-order valence-electron chi connectivity index (χ4n) is 2.39. The highest BCUT2D eigenvalue weighted by Gasteiger charge is 2.29. The number of alkyl halides is 3. The zero-order valence-corrected chi connectivity index (χ0v) is 12.7. The first-order valence-electron chi connectivity index (χ1n) is 7.20. The molecule has 0 saturated carbocycles. The first kappa shape index (κ1) is 16.9. The number of carbonyl (C=O) groups excluding carboxylic acids is 1. The number of hydrogen-bond acceptors (Lipinski definition) is 1. The molecule has 0 heterocycles. The van der Waals surface area contributed by atoms with Crippen molar-refractivity contribution >= 4 is 17.5 Å². The van der Waals surface area contributed by atoms with Crippen LogP contribution in [0.15, 0.2) is 34.9 Å².